The van der Waals surface area contributed by atoms with Crippen LogP contribution in [-0.2, 0) is 6.42 Å². The van der Waals surface area contributed by atoms with E-state index in [0.717, 1.165) is 21.3 Å². The summed E-state index contributed by atoms with van der Waals surface area (Å²) < 4.78 is 0.954. The number of nitriles is 1. The molecule has 0 fully saturated rings. The summed E-state index contributed by atoms with van der Waals surface area (Å²) in [5.74, 6) is 0. The summed E-state index contributed by atoms with van der Waals surface area (Å²) in [7, 11) is 0. The average molecular weight is 331 g/mol. The van der Waals surface area contributed by atoms with Gasteiger partial charge in [0.25, 0.3) is 0 Å². The molecule has 0 bridgehead atoms. The zero-order chi connectivity index (χ0) is 14.4. The van der Waals surface area contributed by atoms with E-state index >= 15 is 0 Å². The Labute approximate surface area is 127 Å². The van der Waals surface area contributed by atoms with Crippen LogP contribution < -0.4 is 5.32 Å². The van der Waals surface area contributed by atoms with Gasteiger partial charge in [-0.25, -0.2) is 0 Å². The number of halogens is 1. The Morgan fingerprint density at radius 1 is 1.20 bits per heavy atom. The highest BCUT2D eigenvalue weighted by Gasteiger charge is 2.07. The molecule has 0 aliphatic heterocycles. The summed E-state index contributed by atoms with van der Waals surface area (Å²) in [6.07, 6.45) is -0.146. The van der Waals surface area contributed by atoms with Crippen molar-refractivity contribution in [1.82, 2.24) is 0 Å². The van der Waals surface area contributed by atoms with Crippen LogP contribution in [0.25, 0.3) is 0 Å². The minimum absolute atomic E-state index is 0.418. The maximum absolute atomic E-state index is 10.1. The van der Waals surface area contributed by atoms with Crippen LogP contribution in [0.15, 0.2) is 53.0 Å². The van der Waals surface area contributed by atoms with E-state index in [1.54, 1.807) is 0 Å². The minimum atomic E-state index is -0.564. The lowest BCUT2D eigenvalue weighted by Gasteiger charge is -2.13. The maximum atomic E-state index is 10.1. The molecule has 20 heavy (non-hydrogen) atoms. The highest BCUT2D eigenvalue weighted by atomic mass is 79.9. The molecule has 2 aromatic carbocycles. The van der Waals surface area contributed by atoms with E-state index in [-0.39, 0.29) is 0 Å². The van der Waals surface area contributed by atoms with E-state index in [4.69, 9.17) is 5.26 Å². The number of benzene rings is 2. The smallest absolute Gasteiger partial charge is 0.0962 e. The molecule has 2 rings (SSSR count). The maximum Gasteiger partial charge on any atom is 0.0962 e. The molecule has 0 saturated carbocycles. The Morgan fingerprint density at radius 2 is 1.95 bits per heavy atom. The number of anilines is 1. The standard InChI is InChI=1S/C16H15BrN2O/c17-14-3-1-2-13(10-14)16(20)11-19-15-6-4-12(5-7-15)8-9-18/h1-7,10,16,19-20H,8,11H2. The van der Waals surface area contributed by atoms with E-state index in [9.17, 15) is 5.11 Å². The SMILES string of the molecule is N#CCc1ccc(NCC(O)c2cccc(Br)c2)cc1. The molecule has 0 aliphatic rings. The molecule has 0 heterocycles. The topological polar surface area (TPSA) is 56.0 Å². The van der Waals surface area contributed by atoms with E-state index in [2.05, 4.69) is 27.3 Å². The Balaban J connectivity index is 1.93. The number of rotatable bonds is 5. The van der Waals surface area contributed by atoms with Crippen LogP contribution in [0.5, 0.6) is 0 Å². The Hall–Kier alpha value is -1.83. The number of aliphatic hydroxyl groups is 1. The van der Waals surface area contributed by atoms with E-state index in [1.807, 2.05) is 48.5 Å². The van der Waals surface area contributed by atoms with E-state index < -0.39 is 6.10 Å². The molecule has 4 heteroatoms. The fourth-order valence-electron chi connectivity index (χ4n) is 1.88. The lowest BCUT2D eigenvalue weighted by molar-refractivity contribution is 0.191. The highest BCUT2D eigenvalue weighted by molar-refractivity contribution is 9.10. The summed E-state index contributed by atoms with van der Waals surface area (Å²) >= 11 is 3.39. The molecule has 0 radical (unpaired) electrons. The fourth-order valence-corrected chi connectivity index (χ4v) is 2.29. The zero-order valence-electron chi connectivity index (χ0n) is 10.9. The minimum Gasteiger partial charge on any atom is -0.387 e. The van der Waals surface area contributed by atoms with Crippen molar-refractivity contribution in [1.29, 1.82) is 5.26 Å². The Morgan fingerprint density at radius 3 is 2.60 bits per heavy atom. The van der Waals surface area contributed by atoms with Crippen molar-refractivity contribution in [2.45, 2.75) is 12.5 Å². The van der Waals surface area contributed by atoms with Gasteiger partial charge in [0, 0.05) is 16.7 Å². The molecule has 102 valence electrons. The van der Waals surface area contributed by atoms with Crippen molar-refractivity contribution < 1.29 is 5.11 Å². The van der Waals surface area contributed by atoms with Crippen molar-refractivity contribution in [3.8, 4) is 6.07 Å². The first-order chi connectivity index (χ1) is 9.69. The Kier molecular flexibility index (Phi) is 5.16. The first-order valence-corrected chi connectivity index (χ1v) is 7.11. The molecule has 0 spiro atoms. The van der Waals surface area contributed by atoms with Gasteiger partial charge in [-0.1, -0.05) is 40.2 Å². The molecule has 0 saturated heterocycles. The summed E-state index contributed by atoms with van der Waals surface area (Å²) in [5, 5.41) is 21.9. The quantitative estimate of drug-likeness (QED) is 0.879. The van der Waals surface area contributed by atoms with E-state index in [1.165, 1.54) is 0 Å². The van der Waals surface area contributed by atoms with Gasteiger partial charge in [-0.2, -0.15) is 5.26 Å². The molecule has 2 aromatic rings. The van der Waals surface area contributed by atoms with Gasteiger partial charge in [-0.3, -0.25) is 0 Å². The van der Waals surface area contributed by atoms with Gasteiger partial charge in [0.15, 0.2) is 0 Å². The van der Waals surface area contributed by atoms with Gasteiger partial charge in [0.2, 0.25) is 0 Å². The van der Waals surface area contributed by atoms with Gasteiger partial charge in [0.05, 0.1) is 18.6 Å². The molecule has 1 atom stereocenters. The van der Waals surface area contributed by atoms with Crippen LogP contribution in [-0.4, -0.2) is 11.7 Å². The fraction of sp³-hybridized carbons (Fsp3) is 0.188. The first kappa shape index (κ1) is 14.6. The first-order valence-electron chi connectivity index (χ1n) is 6.32. The number of hydrogen-bond acceptors (Lipinski definition) is 3. The van der Waals surface area contributed by atoms with Crippen molar-refractivity contribution in [3.05, 3.63) is 64.1 Å². The summed E-state index contributed by atoms with van der Waals surface area (Å²) in [5.41, 5.74) is 2.79. The second-order valence-corrected chi connectivity index (χ2v) is 5.40. The molecule has 3 nitrogen and oxygen atoms in total. The second-order valence-electron chi connectivity index (χ2n) is 4.48. The lowest BCUT2D eigenvalue weighted by Crippen LogP contribution is -2.12. The van der Waals surface area contributed by atoms with Crippen LogP contribution in [0.2, 0.25) is 0 Å². The van der Waals surface area contributed by atoms with Gasteiger partial charge < -0.3 is 10.4 Å². The predicted octanol–water partition coefficient (Wildman–Crippen LogP) is 3.66. The average Bonchev–Trinajstić information content (AvgIpc) is 2.46. The van der Waals surface area contributed by atoms with Crippen molar-refractivity contribution in [2.24, 2.45) is 0 Å². The highest BCUT2D eigenvalue weighted by Crippen LogP contribution is 2.19. The molecule has 0 amide bonds. The van der Waals surface area contributed by atoms with Crippen molar-refractivity contribution in [3.63, 3.8) is 0 Å². The van der Waals surface area contributed by atoms with Crippen LogP contribution in [0.4, 0.5) is 5.69 Å². The van der Waals surface area contributed by atoms with Gasteiger partial charge in [0.1, 0.15) is 0 Å². The molecule has 1 unspecified atom stereocenters. The van der Waals surface area contributed by atoms with Crippen LogP contribution in [0, 0.1) is 11.3 Å². The van der Waals surface area contributed by atoms with Gasteiger partial charge in [-0.05, 0) is 35.4 Å². The van der Waals surface area contributed by atoms with Gasteiger partial charge >= 0.3 is 0 Å². The van der Waals surface area contributed by atoms with Crippen molar-refractivity contribution in [2.75, 3.05) is 11.9 Å². The number of hydrogen-bond donors (Lipinski definition) is 2. The number of nitrogens with one attached hydrogen (secondary N) is 1. The second kappa shape index (κ2) is 7.09. The molecule has 2 N–H and O–H groups in total. The monoisotopic (exact) mass is 330 g/mol. The van der Waals surface area contributed by atoms with Crippen LogP contribution in [0.3, 0.4) is 0 Å². The number of nitrogens with zero attached hydrogens (tertiary/aromatic N) is 1. The third-order valence-electron chi connectivity index (χ3n) is 2.97. The van der Waals surface area contributed by atoms with E-state index in [0.29, 0.717) is 13.0 Å². The number of aliphatic hydroxyl groups excluding tert-OH is 1. The lowest BCUT2D eigenvalue weighted by atomic mass is 10.1. The third kappa shape index (κ3) is 4.09. The van der Waals surface area contributed by atoms with Crippen LogP contribution >= 0.6 is 15.9 Å². The summed E-state index contributed by atoms with van der Waals surface area (Å²) in [6.45, 7) is 0.439. The molecular formula is C16H15BrN2O. The third-order valence-corrected chi connectivity index (χ3v) is 3.46. The predicted molar refractivity (Wildman–Crippen MR) is 83.4 cm³/mol. The normalized spacial score (nSPS) is 11.7. The van der Waals surface area contributed by atoms with Crippen LogP contribution in [0.1, 0.15) is 17.2 Å². The van der Waals surface area contributed by atoms with Crippen molar-refractivity contribution >= 4 is 21.6 Å². The largest absolute Gasteiger partial charge is 0.387 e. The molecule has 0 aromatic heterocycles. The summed E-state index contributed by atoms with van der Waals surface area (Å²) in [6, 6.07) is 17.4. The van der Waals surface area contributed by atoms with Gasteiger partial charge in [-0.15, -0.1) is 0 Å². The molecular weight excluding hydrogens is 316 g/mol. The Bertz CT molecular complexity index is 605. The molecule has 0 aliphatic carbocycles. The summed E-state index contributed by atoms with van der Waals surface area (Å²) in [4.78, 5) is 0. The zero-order valence-corrected chi connectivity index (χ0v) is 12.5.